The van der Waals surface area contributed by atoms with Crippen molar-refractivity contribution in [2.24, 2.45) is 0 Å². The van der Waals surface area contributed by atoms with E-state index in [1.165, 1.54) is 17.4 Å². The zero-order chi connectivity index (χ0) is 15.7. The first-order chi connectivity index (χ1) is 10.5. The predicted octanol–water partition coefficient (Wildman–Crippen LogP) is 3.48. The number of hydrogen-bond acceptors (Lipinski definition) is 4. The molecule has 1 aromatic carbocycles. The molecule has 1 aliphatic rings. The summed E-state index contributed by atoms with van der Waals surface area (Å²) in [6, 6.07) is 4.80. The molecule has 4 nitrogen and oxygen atoms in total. The molecule has 0 radical (unpaired) electrons. The van der Waals surface area contributed by atoms with Crippen molar-refractivity contribution in [3.8, 4) is 11.3 Å². The van der Waals surface area contributed by atoms with Gasteiger partial charge in [0.15, 0.2) is 5.13 Å². The fraction of sp³-hybridized carbons (Fsp3) is 0.375. The molecule has 2 heterocycles. The molecule has 1 aromatic heterocycles. The number of carboxylic acids is 1. The number of carbonyl (C=O) groups is 1. The largest absolute Gasteiger partial charge is 0.481 e. The van der Waals surface area contributed by atoms with E-state index in [0.29, 0.717) is 11.3 Å². The molecular weight excluding hydrogens is 303 g/mol. The summed E-state index contributed by atoms with van der Waals surface area (Å²) in [7, 11) is 0. The van der Waals surface area contributed by atoms with Crippen LogP contribution in [0.1, 0.15) is 23.3 Å². The minimum Gasteiger partial charge on any atom is -0.481 e. The molecule has 1 saturated heterocycles. The second-order valence-electron chi connectivity index (χ2n) is 5.50. The van der Waals surface area contributed by atoms with Gasteiger partial charge < -0.3 is 10.0 Å². The fourth-order valence-electron chi connectivity index (χ4n) is 2.66. The number of rotatable bonds is 4. The van der Waals surface area contributed by atoms with Crippen LogP contribution in [0.2, 0.25) is 0 Å². The summed E-state index contributed by atoms with van der Waals surface area (Å²) in [5, 5.41) is 9.98. The van der Waals surface area contributed by atoms with E-state index in [1.807, 2.05) is 0 Å². The first kappa shape index (κ1) is 15.0. The Morgan fingerprint density at radius 1 is 1.41 bits per heavy atom. The highest BCUT2D eigenvalue weighted by Crippen LogP contribution is 2.35. The van der Waals surface area contributed by atoms with Crippen LogP contribution >= 0.6 is 11.3 Å². The molecule has 0 unspecified atom stereocenters. The van der Waals surface area contributed by atoms with Gasteiger partial charge in [-0.2, -0.15) is 0 Å². The van der Waals surface area contributed by atoms with E-state index in [0.717, 1.165) is 41.5 Å². The quantitative estimate of drug-likeness (QED) is 0.937. The van der Waals surface area contributed by atoms with E-state index >= 15 is 0 Å². The normalized spacial score (nSPS) is 14.5. The first-order valence-electron chi connectivity index (χ1n) is 7.27. The third-order valence-corrected chi connectivity index (χ3v) is 4.92. The summed E-state index contributed by atoms with van der Waals surface area (Å²) < 4.78 is 13.5. The lowest BCUT2D eigenvalue weighted by Gasteiger charge is -2.12. The molecule has 1 N–H and O–H groups in total. The van der Waals surface area contributed by atoms with Crippen LogP contribution in [0.5, 0.6) is 0 Å². The molecular formula is C16H17FN2O2S. The van der Waals surface area contributed by atoms with E-state index in [2.05, 4.69) is 9.88 Å². The Morgan fingerprint density at radius 2 is 2.14 bits per heavy atom. The molecule has 1 aliphatic heterocycles. The van der Waals surface area contributed by atoms with Gasteiger partial charge in [0.25, 0.3) is 0 Å². The lowest BCUT2D eigenvalue weighted by atomic mass is 10.1. The van der Waals surface area contributed by atoms with Crippen molar-refractivity contribution in [2.75, 3.05) is 18.0 Å². The predicted molar refractivity (Wildman–Crippen MR) is 85.0 cm³/mol. The van der Waals surface area contributed by atoms with Crippen molar-refractivity contribution in [1.29, 1.82) is 0 Å². The molecule has 116 valence electrons. The number of carboxylic acid groups (broad SMARTS) is 1. The van der Waals surface area contributed by atoms with Crippen LogP contribution in [0.4, 0.5) is 9.52 Å². The molecule has 0 amide bonds. The Bertz CT molecular complexity index is 708. The monoisotopic (exact) mass is 320 g/mol. The average Bonchev–Trinajstić information content (AvgIpc) is 3.10. The number of benzene rings is 1. The highest BCUT2D eigenvalue weighted by atomic mass is 32.1. The summed E-state index contributed by atoms with van der Waals surface area (Å²) in [5.41, 5.74) is 1.98. The maximum Gasteiger partial charge on any atom is 0.308 e. The van der Waals surface area contributed by atoms with Crippen molar-refractivity contribution < 1.29 is 14.3 Å². The number of anilines is 1. The number of nitrogens with zero attached hydrogens (tertiary/aromatic N) is 2. The van der Waals surface area contributed by atoms with Crippen molar-refractivity contribution >= 4 is 22.4 Å². The summed E-state index contributed by atoms with van der Waals surface area (Å²) in [6.45, 7) is 3.62. The standard InChI is InChI=1S/C16H17FN2O2S/c1-10-8-11(4-5-12(10)17)15-13(9-14(20)21)22-16(18-15)19-6-2-3-7-19/h4-5,8H,2-3,6-7,9H2,1H3,(H,20,21). The summed E-state index contributed by atoms with van der Waals surface area (Å²) in [6.07, 6.45) is 2.22. The van der Waals surface area contributed by atoms with E-state index in [-0.39, 0.29) is 12.2 Å². The third-order valence-electron chi connectivity index (χ3n) is 3.81. The lowest BCUT2D eigenvalue weighted by molar-refractivity contribution is -0.136. The van der Waals surface area contributed by atoms with E-state index in [4.69, 9.17) is 5.11 Å². The zero-order valence-corrected chi connectivity index (χ0v) is 13.1. The second-order valence-corrected chi connectivity index (χ2v) is 6.56. The van der Waals surface area contributed by atoms with E-state index < -0.39 is 5.97 Å². The van der Waals surface area contributed by atoms with Gasteiger partial charge in [-0.25, -0.2) is 9.37 Å². The molecule has 3 rings (SSSR count). The average molecular weight is 320 g/mol. The van der Waals surface area contributed by atoms with Gasteiger partial charge in [-0.15, -0.1) is 11.3 Å². The minimum atomic E-state index is -0.878. The number of aliphatic carboxylic acids is 1. The molecule has 1 fully saturated rings. The van der Waals surface area contributed by atoms with Crippen molar-refractivity contribution in [1.82, 2.24) is 4.98 Å². The van der Waals surface area contributed by atoms with Gasteiger partial charge in [0.05, 0.1) is 12.1 Å². The molecule has 0 saturated carbocycles. The molecule has 0 bridgehead atoms. The Labute approximate surface area is 132 Å². The van der Waals surface area contributed by atoms with Gasteiger partial charge in [0.2, 0.25) is 0 Å². The Balaban J connectivity index is 2.03. The first-order valence-corrected chi connectivity index (χ1v) is 8.09. The lowest BCUT2D eigenvalue weighted by Crippen LogP contribution is -2.17. The van der Waals surface area contributed by atoms with Crippen LogP contribution in [0.15, 0.2) is 18.2 Å². The maximum atomic E-state index is 13.5. The number of halogens is 1. The van der Waals surface area contributed by atoms with Crippen LogP contribution in [0.3, 0.4) is 0 Å². The van der Waals surface area contributed by atoms with Crippen LogP contribution in [-0.2, 0) is 11.2 Å². The SMILES string of the molecule is Cc1cc(-c2nc(N3CCCC3)sc2CC(=O)O)ccc1F. The summed E-state index contributed by atoms with van der Waals surface area (Å²) in [5.74, 6) is -1.14. The summed E-state index contributed by atoms with van der Waals surface area (Å²) in [4.78, 5) is 18.7. The van der Waals surface area contributed by atoms with Crippen LogP contribution in [0.25, 0.3) is 11.3 Å². The van der Waals surface area contributed by atoms with Crippen LogP contribution in [-0.4, -0.2) is 29.1 Å². The molecule has 0 aliphatic carbocycles. The van der Waals surface area contributed by atoms with Crippen LogP contribution in [0, 0.1) is 12.7 Å². The van der Waals surface area contributed by atoms with Gasteiger partial charge in [-0.05, 0) is 43.5 Å². The van der Waals surface area contributed by atoms with Crippen molar-refractivity contribution in [3.63, 3.8) is 0 Å². The zero-order valence-electron chi connectivity index (χ0n) is 12.3. The molecule has 2 aromatic rings. The van der Waals surface area contributed by atoms with Gasteiger partial charge in [-0.3, -0.25) is 4.79 Å². The minimum absolute atomic E-state index is 0.0583. The van der Waals surface area contributed by atoms with Gasteiger partial charge >= 0.3 is 5.97 Å². The Morgan fingerprint density at radius 3 is 2.77 bits per heavy atom. The molecule has 0 atom stereocenters. The molecule has 6 heteroatoms. The number of aromatic nitrogens is 1. The van der Waals surface area contributed by atoms with E-state index in [9.17, 15) is 9.18 Å². The number of aryl methyl sites for hydroxylation is 1. The third kappa shape index (κ3) is 2.97. The number of hydrogen-bond donors (Lipinski definition) is 1. The highest BCUT2D eigenvalue weighted by Gasteiger charge is 2.21. The van der Waals surface area contributed by atoms with Crippen molar-refractivity contribution in [3.05, 3.63) is 34.5 Å². The number of thiazole rings is 1. The molecule has 22 heavy (non-hydrogen) atoms. The second kappa shape index (κ2) is 6.04. The maximum absolute atomic E-state index is 13.5. The Kier molecular flexibility index (Phi) is 4.11. The van der Waals surface area contributed by atoms with Crippen LogP contribution < -0.4 is 4.90 Å². The van der Waals surface area contributed by atoms with Crippen molar-refractivity contribution in [2.45, 2.75) is 26.2 Å². The Hall–Kier alpha value is -1.95. The molecule has 0 spiro atoms. The van der Waals surface area contributed by atoms with Gasteiger partial charge in [-0.1, -0.05) is 0 Å². The summed E-state index contributed by atoms with van der Waals surface area (Å²) >= 11 is 1.43. The van der Waals surface area contributed by atoms with Gasteiger partial charge in [0, 0.05) is 23.5 Å². The fourth-order valence-corrected chi connectivity index (χ4v) is 3.78. The smallest absolute Gasteiger partial charge is 0.308 e. The van der Waals surface area contributed by atoms with E-state index in [1.54, 1.807) is 19.1 Å². The van der Waals surface area contributed by atoms with Gasteiger partial charge in [0.1, 0.15) is 5.82 Å². The topological polar surface area (TPSA) is 53.4 Å². The highest BCUT2D eigenvalue weighted by molar-refractivity contribution is 7.16.